The summed E-state index contributed by atoms with van der Waals surface area (Å²) in [5, 5.41) is 2.61. The molecule has 1 fully saturated rings. The van der Waals surface area contributed by atoms with Crippen LogP contribution in [0.5, 0.6) is 5.75 Å². The van der Waals surface area contributed by atoms with Crippen LogP contribution >= 0.6 is 0 Å². The van der Waals surface area contributed by atoms with E-state index in [1.54, 1.807) is 0 Å². The summed E-state index contributed by atoms with van der Waals surface area (Å²) in [4.78, 5) is 12.4. The average molecular weight is 381 g/mol. The SMILES string of the molecule is Nc1cc(OCC(F)F)c(C(=O)NC2CCC(C(F)(F)F)CC2)cc1N. The molecule has 1 amide bonds. The van der Waals surface area contributed by atoms with Gasteiger partial charge in [0.1, 0.15) is 12.4 Å². The predicted octanol–water partition coefficient (Wildman–Crippen LogP) is 3.35. The van der Waals surface area contributed by atoms with Gasteiger partial charge in [-0.3, -0.25) is 4.79 Å². The molecule has 0 spiro atoms. The van der Waals surface area contributed by atoms with Crippen LogP contribution in [0, 0.1) is 5.92 Å². The van der Waals surface area contributed by atoms with E-state index >= 15 is 0 Å². The smallest absolute Gasteiger partial charge is 0.391 e. The van der Waals surface area contributed by atoms with Gasteiger partial charge in [0.15, 0.2) is 0 Å². The zero-order chi connectivity index (χ0) is 19.5. The minimum absolute atomic E-state index is 0.0662. The predicted molar refractivity (Wildman–Crippen MR) is 86.0 cm³/mol. The number of ether oxygens (including phenoxy) is 1. The van der Waals surface area contributed by atoms with Crippen molar-refractivity contribution in [2.75, 3.05) is 18.1 Å². The minimum Gasteiger partial charge on any atom is -0.487 e. The number of amides is 1. The van der Waals surface area contributed by atoms with Crippen molar-refractivity contribution >= 4 is 17.3 Å². The molecule has 0 bridgehead atoms. The number of alkyl halides is 5. The summed E-state index contributed by atoms with van der Waals surface area (Å²) in [6.45, 7) is -0.930. The third kappa shape index (κ3) is 5.12. The Morgan fingerprint density at radius 1 is 1.15 bits per heavy atom. The van der Waals surface area contributed by atoms with E-state index < -0.39 is 37.1 Å². The first kappa shape index (κ1) is 20.1. The zero-order valence-electron chi connectivity index (χ0n) is 13.8. The number of anilines is 2. The Balaban J connectivity index is 2.06. The molecular weight excluding hydrogens is 361 g/mol. The van der Waals surface area contributed by atoms with Crippen LogP contribution in [0.2, 0.25) is 0 Å². The Morgan fingerprint density at radius 2 is 1.73 bits per heavy atom. The second-order valence-electron chi connectivity index (χ2n) is 6.24. The number of hydrogen-bond donors (Lipinski definition) is 3. The van der Waals surface area contributed by atoms with Crippen molar-refractivity contribution in [3.63, 3.8) is 0 Å². The molecule has 0 heterocycles. The summed E-state index contributed by atoms with van der Waals surface area (Å²) in [5.41, 5.74) is 11.3. The molecule has 5 nitrogen and oxygen atoms in total. The highest BCUT2D eigenvalue weighted by molar-refractivity contribution is 5.99. The van der Waals surface area contributed by atoms with Crippen LogP contribution in [0.25, 0.3) is 0 Å². The lowest BCUT2D eigenvalue weighted by Gasteiger charge is -2.30. The first-order valence-electron chi connectivity index (χ1n) is 8.05. The fourth-order valence-electron chi connectivity index (χ4n) is 2.89. The van der Waals surface area contributed by atoms with Crippen molar-refractivity contribution in [3.05, 3.63) is 17.7 Å². The maximum atomic E-state index is 12.7. The van der Waals surface area contributed by atoms with E-state index in [0.29, 0.717) is 0 Å². The topological polar surface area (TPSA) is 90.4 Å². The first-order valence-corrected chi connectivity index (χ1v) is 8.05. The molecule has 146 valence electrons. The monoisotopic (exact) mass is 381 g/mol. The molecule has 1 saturated carbocycles. The average Bonchev–Trinajstić information content (AvgIpc) is 2.55. The number of nitrogens with two attached hydrogens (primary N) is 2. The molecule has 5 N–H and O–H groups in total. The third-order valence-electron chi connectivity index (χ3n) is 4.32. The van der Waals surface area contributed by atoms with Gasteiger partial charge in [-0.2, -0.15) is 13.2 Å². The van der Waals surface area contributed by atoms with Crippen LogP contribution in [-0.4, -0.2) is 31.2 Å². The lowest BCUT2D eigenvalue weighted by Crippen LogP contribution is -2.40. The van der Waals surface area contributed by atoms with E-state index in [4.69, 9.17) is 16.2 Å². The number of rotatable bonds is 5. The molecule has 0 aliphatic heterocycles. The number of carbonyl (C=O) groups is 1. The molecule has 1 aromatic rings. The van der Waals surface area contributed by atoms with Crippen LogP contribution in [0.15, 0.2) is 12.1 Å². The number of benzene rings is 1. The normalized spacial score (nSPS) is 20.8. The third-order valence-corrected chi connectivity index (χ3v) is 4.32. The van der Waals surface area contributed by atoms with Crippen molar-refractivity contribution in [3.8, 4) is 5.75 Å². The van der Waals surface area contributed by atoms with Crippen LogP contribution in [0.3, 0.4) is 0 Å². The first-order chi connectivity index (χ1) is 12.1. The number of carbonyl (C=O) groups excluding carboxylic acids is 1. The molecule has 0 saturated heterocycles. The van der Waals surface area contributed by atoms with Gasteiger partial charge in [0, 0.05) is 12.1 Å². The maximum Gasteiger partial charge on any atom is 0.391 e. The molecule has 0 aromatic heterocycles. The summed E-state index contributed by atoms with van der Waals surface area (Å²) in [6.07, 6.45) is -6.79. The molecular formula is C16H20F5N3O2. The van der Waals surface area contributed by atoms with Crippen LogP contribution in [0.1, 0.15) is 36.0 Å². The molecule has 10 heteroatoms. The van der Waals surface area contributed by atoms with Crippen molar-refractivity contribution < 1.29 is 31.5 Å². The summed E-state index contributed by atoms with van der Waals surface area (Å²) < 4.78 is 67.7. The molecule has 0 atom stereocenters. The quantitative estimate of drug-likeness (QED) is 0.539. The summed E-state index contributed by atoms with van der Waals surface area (Å²) in [6, 6.07) is 1.93. The largest absolute Gasteiger partial charge is 0.487 e. The van der Waals surface area contributed by atoms with E-state index in [1.807, 2.05) is 0 Å². The fourth-order valence-corrected chi connectivity index (χ4v) is 2.89. The van der Waals surface area contributed by atoms with Crippen LogP contribution in [-0.2, 0) is 0 Å². The Bertz CT molecular complexity index is 644. The van der Waals surface area contributed by atoms with Gasteiger partial charge < -0.3 is 21.5 Å². The van der Waals surface area contributed by atoms with Crippen molar-refractivity contribution in [2.24, 2.45) is 5.92 Å². The lowest BCUT2D eigenvalue weighted by atomic mass is 9.85. The summed E-state index contributed by atoms with van der Waals surface area (Å²) in [7, 11) is 0. The van der Waals surface area contributed by atoms with Gasteiger partial charge in [-0.15, -0.1) is 0 Å². The number of nitrogen functional groups attached to an aromatic ring is 2. The number of hydrogen-bond acceptors (Lipinski definition) is 4. The highest BCUT2D eigenvalue weighted by Gasteiger charge is 2.41. The van der Waals surface area contributed by atoms with Gasteiger partial charge in [0.25, 0.3) is 12.3 Å². The van der Waals surface area contributed by atoms with Gasteiger partial charge in [0.2, 0.25) is 0 Å². The highest BCUT2D eigenvalue weighted by atomic mass is 19.4. The zero-order valence-corrected chi connectivity index (χ0v) is 13.8. The molecule has 1 aliphatic carbocycles. The van der Waals surface area contributed by atoms with Crippen molar-refractivity contribution in [1.82, 2.24) is 5.32 Å². The molecule has 0 unspecified atom stereocenters. The van der Waals surface area contributed by atoms with E-state index in [0.717, 1.165) is 0 Å². The second kappa shape index (κ2) is 7.96. The van der Waals surface area contributed by atoms with Crippen molar-refractivity contribution in [2.45, 2.75) is 44.3 Å². The molecule has 26 heavy (non-hydrogen) atoms. The molecule has 1 aromatic carbocycles. The van der Waals surface area contributed by atoms with Gasteiger partial charge >= 0.3 is 6.18 Å². The Hall–Kier alpha value is -2.26. The number of nitrogens with one attached hydrogen (secondary N) is 1. The number of halogens is 5. The van der Waals surface area contributed by atoms with Crippen molar-refractivity contribution in [1.29, 1.82) is 0 Å². The maximum absolute atomic E-state index is 12.7. The Morgan fingerprint density at radius 3 is 2.27 bits per heavy atom. The minimum atomic E-state index is -4.24. The summed E-state index contributed by atoms with van der Waals surface area (Å²) >= 11 is 0. The van der Waals surface area contributed by atoms with Gasteiger partial charge in [-0.05, 0) is 31.7 Å². The fraction of sp³-hybridized carbons (Fsp3) is 0.562. The Labute approximate surface area is 146 Å². The van der Waals surface area contributed by atoms with Crippen LogP contribution in [0.4, 0.5) is 33.3 Å². The van der Waals surface area contributed by atoms with E-state index in [2.05, 4.69) is 5.32 Å². The second-order valence-corrected chi connectivity index (χ2v) is 6.24. The molecule has 2 rings (SSSR count). The lowest BCUT2D eigenvalue weighted by molar-refractivity contribution is -0.182. The van der Waals surface area contributed by atoms with Gasteiger partial charge in [0.05, 0.1) is 22.9 Å². The van der Waals surface area contributed by atoms with Gasteiger partial charge in [-0.1, -0.05) is 0 Å². The highest BCUT2D eigenvalue weighted by Crippen LogP contribution is 2.37. The van der Waals surface area contributed by atoms with E-state index in [1.165, 1.54) is 12.1 Å². The molecule has 1 aliphatic rings. The van der Waals surface area contributed by atoms with E-state index in [-0.39, 0.29) is 48.4 Å². The standard InChI is InChI=1S/C16H20F5N3O2/c17-14(18)7-26-13-6-12(23)11(22)5-10(13)15(25)24-9-3-1-8(2-4-9)16(19,20)21/h5-6,8-9,14H,1-4,7,22-23H2,(H,24,25). The van der Waals surface area contributed by atoms with Crippen LogP contribution < -0.4 is 21.5 Å². The van der Waals surface area contributed by atoms with Gasteiger partial charge in [-0.25, -0.2) is 8.78 Å². The summed E-state index contributed by atoms with van der Waals surface area (Å²) in [5.74, 6) is -2.18. The van der Waals surface area contributed by atoms with E-state index in [9.17, 15) is 26.7 Å². The Kier molecular flexibility index (Phi) is 6.14. The molecule has 0 radical (unpaired) electrons.